The van der Waals surface area contributed by atoms with Crippen LogP contribution in [0.1, 0.15) is 35.7 Å². The predicted octanol–water partition coefficient (Wildman–Crippen LogP) is 4.11. The average Bonchev–Trinajstić information content (AvgIpc) is 3.29. The van der Waals surface area contributed by atoms with Crippen molar-refractivity contribution in [2.45, 2.75) is 33.2 Å². The first-order valence-corrected chi connectivity index (χ1v) is 9.43. The summed E-state index contributed by atoms with van der Waals surface area (Å²) in [4.78, 5) is 14.3. The number of aromatic nitrogens is 3. The Labute approximate surface area is 189 Å². The summed E-state index contributed by atoms with van der Waals surface area (Å²) in [5.74, 6) is 2.85. The first-order valence-electron chi connectivity index (χ1n) is 9.43. The molecule has 0 radical (unpaired) electrons. The summed E-state index contributed by atoms with van der Waals surface area (Å²) in [6, 6.07) is 10.2. The van der Waals surface area contributed by atoms with E-state index in [-0.39, 0.29) is 29.9 Å². The molecule has 1 atom stereocenters. The fourth-order valence-corrected chi connectivity index (χ4v) is 3.43. The van der Waals surface area contributed by atoms with Crippen LogP contribution in [0.2, 0.25) is 0 Å². The van der Waals surface area contributed by atoms with Gasteiger partial charge in [-0.1, -0.05) is 42.4 Å². The molecule has 1 aromatic carbocycles. The van der Waals surface area contributed by atoms with E-state index in [0.717, 1.165) is 46.6 Å². The molecule has 0 aliphatic carbocycles. The number of aromatic amines is 1. The fourth-order valence-electron chi connectivity index (χ4n) is 3.43. The Kier molecular flexibility index (Phi) is 8.24. The molecule has 0 saturated carbocycles. The summed E-state index contributed by atoms with van der Waals surface area (Å²) >= 11 is 0. The van der Waals surface area contributed by atoms with E-state index >= 15 is 0 Å². The Balaban J connectivity index is 0.00000300. The number of benzene rings is 1. The third kappa shape index (κ3) is 5.59. The smallest absolute Gasteiger partial charge is 0.193 e. The summed E-state index contributed by atoms with van der Waals surface area (Å²) in [5, 5.41) is 7.48. The molecule has 0 fully saturated rings. The number of nitrogens with one attached hydrogen (secondary N) is 2. The van der Waals surface area contributed by atoms with E-state index in [1.807, 2.05) is 50.2 Å². The number of H-pyrrole nitrogens is 1. The van der Waals surface area contributed by atoms with E-state index in [4.69, 9.17) is 4.52 Å². The van der Waals surface area contributed by atoms with Crippen LogP contribution in [0.25, 0.3) is 11.3 Å². The maximum atomic E-state index is 5.28. The molecular weight excluding hydrogens is 479 g/mol. The predicted molar refractivity (Wildman–Crippen MR) is 127 cm³/mol. The molecule has 0 bridgehead atoms. The van der Waals surface area contributed by atoms with Gasteiger partial charge >= 0.3 is 0 Å². The molecule has 0 amide bonds. The van der Waals surface area contributed by atoms with Crippen LogP contribution >= 0.6 is 24.0 Å². The summed E-state index contributed by atoms with van der Waals surface area (Å²) in [6.07, 6.45) is 1.87. The Hall–Kier alpha value is -2.36. The summed E-state index contributed by atoms with van der Waals surface area (Å²) < 4.78 is 5.28. The number of imidazole rings is 1. The van der Waals surface area contributed by atoms with Crippen molar-refractivity contribution in [1.29, 1.82) is 0 Å². The van der Waals surface area contributed by atoms with Gasteiger partial charge in [-0.05, 0) is 19.4 Å². The first-order chi connectivity index (χ1) is 13.5. The Morgan fingerprint density at radius 2 is 2.00 bits per heavy atom. The van der Waals surface area contributed by atoms with E-state index < -0.39 is 0 Å². The first kappa shape index (κ1) is 22.9. The maximum absolute atomic E-state index is 5.28. The largest absolute Gasteiger partial charge is 0.361 e. The van der Waals surface area contributed by atoms with Gasteiger partial charge in [0.25, 0.3) is 0 Å². The molecule has 3 aromatic rings. The van der Waals surface area contributed by atoms with Gasteiger partial charge in [-0.3, -0.25) is 4.99 Å². The van der Waals surface area contributed by atoms with Crippen LogP contribution < -0.4 is 5.32 Å². The Morgan fingerprint density at radius 1 is 1.28 bits per heavy atom. The number of hydrogen-bond donors (Lipinski definition) is 2. The molecule has 3 rings (SSSR count). The summed E-state index contributed by atoms with van der Waals surface area (Å²) in [6.45, 7) is 7.46. The lowest BCUT2D eigenvalue weighted by Gasteiger charge is -2.22. The molecule has 2 N–H and O–H groups in total. The molecule has 0 saturated heterocycles. The topological polar surface area (TPSA) is 82.3 Å². The zero-order valence-corrected chi connectivity index (χ0v) is 19.9. The van der Waals surface area contributed by atoms with Crippen molar-refractivity contribution in [3.63, 3.8) is 0 Å². The monoisotopic (exact) mass is 508 g/mol. The molecular formula is C21H29IN6O. The third-order valence-electron chi connectivity index (χ3n) is 4.82. The highest BCUT2D eigenvalue weighted by atomic mass is 127. The molecule has 7 nitrogen and oxygen atoms in total. The average molecular weight is 508 g/mol. The van der Waals surface area contributed by atoms with Gasteiger partial charge in [-0.25, -0.2) is 4.98 Å². The van der Waals surface area contributed by atoms with Crippen LogP contribution in [0.5, 0.6) is 0 Å². The van der Waals surface area contributed by atoms with Crippen molar-refractivity contribution in [3.8, 4) is 11.3 Å². The minimum atomic E-state index is 0. The molecule has 0 spiro atoms. The summed E-state index contributed by atoms with van der Waals surface area (Å²) in [7, 11) is 3.79. The molecule has 29 heavy (non-hydrogen) atoms. The van der Waals surface area contributed by atoms with Crippen molar-refractivity contribution in [1.82, 2.24) is 25.3 Å². The van der Waals surface area contributed by atoms with Crippen molar-refractivity contribution in [2.75, 3.05) is 20.6 Å². The second kappa shape index (κ2) is 10.4. The number of aryl methyl sites for hydroxylation is 2. The van der Waals surface area contributed by atoms with Crippen molar-refractivity contribution in [3.05, 3.63) is 59.4 Å². The van der Waals surface area contributed by atoms with Crippen molar-refractivity contribution in [2.24, 2.45) is 4.99 Å². The normalized spacial score (nSPS) is 12.4. The molecule has 8 heteroatoms. The zero-order valence-electron chi connectivity index (χ0n) is 17.6. The van der Waals surface area contributed by atoms with Crippen LogP contribution in [0.15, 0.2) is 46.0 Å². The number of halogens is 1. The second-order valence-electron chi connectivity index (χ2n) is 7.03. The summed E-state index contributed by atoms with van der Waals surface area (Å²) in [5.41, 5.74) is 4.24. The highest BCUT2D eigenvalue weighted by molar-refractivity contribution is 14.0. The van der Waals surface area contributed by atoms with Crippen LogP contribution in [-0.4, -0.2) is 46.6 Å². The van der Waals surface area contributed by atoms with Gasteiger partial charge in [0, 0.05) is 32.1 Å². The Bertz CT molecular complexity index is 914. The number of aliphatic imine (C=N–C) groups is 1. The Morgan fingerprint density at radius 3 is 2.62 bits per heavy atom. The minimum Gasteiger partial charge on any atom is -0.361 e. The van der Waals surface area contributed by atoms with Gasteiger partial charge < -0.3 is 19.7 Å². The van der Waals surface area contributed by atoms with Gasteiger partial charge in [0.05, 0.1) is 24.1 Å². The lowest BCUT2D eigenvalue weighted by atomic mass is 10.00. The van der Waals surface area contributed by atoms with E-state index in [9.17, 15) is 0 Å². The molecule has 1 unspecified atom stereocenters. The molecule has 0 aliphatic rings. The standard InChI is InChI=1S/C21H28N6O.HI/c1-14(20-15(2)26-28-16(20)3)11-24-21(22-4)27(5)13-19-23-12-18(25-19)17-9-7-6-8-10-17;/h6-10,12,14H,11,13H2,1-5H3,(H,22,24)(H,23,25);1H. The zero-order chi connectivity index (χ0) is 20.1. The van der Waals surface area contributed by atoms with Gasteiger partial charge in [0.1, 0.15) is 11.6 Å². The van der Waals surface area contributed by atoms with Gasteiger partial charge in [-0.2, -0.15) is 0 Å². The van der Waals surface area contributed by atoms with Gasteiger partial charge in [0.15, 0.2) is 5.96 Å². The highest BCUT2D eigenvalue weighted by Gasteiger charge is 2.17. The molecule has 2 heterocycles. The minimum absolute atomic E-state index is 0. The SMILES string of the molecule is CN=C(NCC(C)c1c(C)noc1C)N(C)Cc1ncc(-c2ccccc2)[nH]1.I. The maximum Gasteiger partial charge on any atom is 0.193 e. The molecule has 0 aliphatic heterocycles. The lowest BCUT2D eigenvalue weighted by Crippen LogP contribution is -2.40. The quantitative estimate of drug-likeness (QED) is 0.298. The fraction of sp³-hybridized carbons (Fsp3) is 0.381. The number of hydrogen-bond acceptors (Lipinski definition) is 4. The van der Waals surface area contributed by atoms with E-state index in [2.05, 4.69) is 44.5 Å². The molecule has 156 valence electrons. The van der Waals surface area contributed by atoms with E-state index in [1.54, 1.807) is 7.05 Å². The van der Waals surface area contributed by atoms with Crippen LogP contribution in [-0.2, 0) is 6.54 Å². The van der Waals surface area contributed by atoms with E-state index in [0.29, 0.717) is 6.54 Å². The van der Waals surface area contributed by atoms with Crippen LogP contribution in [0.3, 0.4) is 0 Å². The number of rotatable bonds is 6. The van der Waals surface area contributed by atoms with Crippen molar-refractivity contribution >= 4 is 29.9 Å². The van der Waals surface area contributed by atoms with Gasteiger partial charge in [0.2, 0.25) is 0 Å². The van der Waals surface area contributed by atoms with Crippen molar-refractivity contribution < 1.29 is 4.52 Å². The third-order valence-corrected chi connectivity index (χ3v) is 4.82. The lowest BCUT2D eigenvalue weighted by molar-refractivity contribution is 0.391. The number of nitrogens with zero attached hydrogens (tertiary/aromatic N) is 4. The van der Waals surface area contributed by atoms with Gasteiger partial charge in [-0.15, -0.1) is 24.0 Å². The van der Waals surface area contributed by atoms with Crippen LogP contribution in [0.4, 0.5) is 0 Å². The van der Waals surface area contributed by atoms with E-state index in [1.165, 1.54) is 0 Å². The van der Waals surface area contributed by atoms with Crippen LogP contribution in [0, 0.1) is 13.8 Å². The highest BCUT2D eigenvalue weighted by Crippen LogP contribution is 2.22. The molecule has 2 aromatic heterocycles. The number of guanidine groups is 1. The second-order valence-corrected chi connectivity index (χ2v) is 7.03.